The van der Waals surface area contributed by atoms with Gasteiger partial charge >= 0.3 is 0 Å². The van der Waals surface area contributed by atoms with E-state index in [9.17, 15) is 5.11 Å². The number of hydrogen-bond donors (Lipinski definition) is 1. The number of fused-ring (bicyclic) bond motifs is 4. The fourth-order valence-electron chi connectivity index (χ4n) is 9.10. The molecule has 0 bridgehead atoms. The molecule has 0 saturated carbocycles. The van der Waals surface area contributed by atoms with E-state index in [-0.39, 0.29) is 43.1 Å². The summed E-state index contributed by atoms with van der Waals surface area (Å²) in [4.78, 5) is 10.6. The Morgan fingerprint density at radius 2 is 1.22 bits per heavy atom. The SMILES string of the molecule is CC(C)(C)c1cc(-c2nc3c(-c4[c-]c(-c5cc6c(cn5)oc5ccccc56)cc(C(C)(C)c5ccccc5)c4)cccc3n2-c2ccccc2-c2ccccc2)c(O)c(C(C)(C)C)c1.[Pt]. The predicted molar refractivity (Wildman–Crippen MR) is 264 cm³/mol. The Kier molecular flexibility index (Phi) is 11.1. The van der Waals surface area contributed by atoms with Gasteiger partial charge in [0, 0.05) is 54.1 Å². The molecule has 3 heterocycles. The van der Waals surface area contributed by atoms with Gasteiger partial charge in [-0.1, -0.05) is 188 Å². The maximum Gasteiger partial charge on any atom is 0.152 e. The van der Waals surface area contributed by atoms with Gasteiger partial charge in [0.25, 0.3) is 0 Å². The van der Waals surface area contributed by atoms with Crippen LogP contribution in [0, 0.1) is 6.07 Å². The number of aromatic nitrogens is 3. The second kappa shape index (κ2) is 16.5. The molecule has 6 heteroatoms. The fraction of sp³-hybridized carbons (Fsp3) is 0.186. The summed E-state index contributed by atoms with van der Waals surface area (Å²) in [5.41, 5.74) is 14.1. The number of imidazole rings is 1. The zero-order valence-corrected chi connectivity index (χ0v) is 40.4. The van der Waals surface area contributed by atoms with E-state index < -0.39 is 0 Å². The summed E-state index contributed by atoms with van der Waals surface area (Å²) in [6.07, 6.45) is 1.83. The fourth-order valence-corrected chi connectivity index (χ4v) is 9.10. The summed E-state index contributed by atoms with van der Waals surface area (Å²) in [5, 5.41) is 14.5. The quantitative estimate of drug-likeness (QED) is 0.162. The zero-order valence-electron chi connectivity index (χ0n) is 38.1. The summed E-state index contributed by atoms with van der Waals surface area (Å²) in [6.45, 7) is 17.7. The standard InChI is InChI=1S/C59H52N3O2.Pt/c1-57(2,3)41-33-47(55(63)48(34-41)58(4,5)6)56-61-54-44(26-19-28-51(54)62(56)50-27-17-15-24-43(50)37-20-11-9-12-21-37)38-30-39(32-42(31-38)59(7,8)40-22-13-10-14-23-40)49-35-46-45-25-16-18-29-52(45)64-53(46)36-60-49;/h9-29,31-36,63H,1-8H3;/q-1;. The Balaban J connectivity index is 0.00000533. The molecule has 10 rings (SSSR count). The van der Waals surface area contributed by atoms with Crippen LogP contribution in [-0.2, 0) is 37.3 Å². The topological polar surface area (TPSA) is 64.1 Å². The molecule has 0 unspecified atom stereocenters. The number of para-hydroxylation sites is 3. The zero-order chi connectivity index (χ0) is 44.5. The Hall–Kier alpha value is -6.55. The van der Waals surface area contributed by atoms with Crippen LogP contribution in [0.15, 0.2) is 168 Å². The van der Waals surface area contributed by atoms with Gasteiger partial charge < -0.3 is 9.52 Å². The van der Waals surface area contributed by atoms with E-state index in [0.29, 0.717) is 11.4 Å². The first kappa shape index (κ1) is 43.7. The normalized spacial score (nSPS) is 12.2. The van der Waals surface area contributed by atoms with E-state index >= 15 is 0 Å². The molecule has 0 saturated heterocycles. The third kappa shape index (κ3) is 7.80. The predicted octanol–water partition coefficient (Wildman–Crippen LogP) is 15.4. The van der Waals surface area contributed by atoms with Crippen LogP contribution in [-0.4, -0.2) is 19.6 Å². The smallest absolute Gasteiger partial charge is 0.152 e. The van der Waals surface area contributed by atoms with Gasteiger partial charge in [-0.15, -0.1) is 29.3 Å². The largest absolute Gasteiger partial charge is 0.507 e. The van der Waals surface area contributed by atoms with Crippen LogP contribution < -0.4 is 0 Å². The third-order valence-electron chi connectivity index (χ3n) is 12.9. The average molecular weight is 1030 g/mol. The first-order chi connectivity index (χ1) is 30.7. The van der Waals surface area contributed by atoms with Gasteiger partial charge in [-0.3, -0.25) is 9.55 Å². The van der Waals surface area contributed by atoms with Crippen LogP contribution in [0.4, 0.5) is 0 Å². The van der Waals surface area contributed by atoms with Crippen LogP contribution in [0.2, 0.25) is 0 Å². The van der Waals surface area contributed by atoms with E-state index in [4.69, 9.17) is 14.4 Å². The van der Waals surface area contributed by atoms with Crippen molar-refractivity contribution in [3.63, 3.8) is 0 Å². The number of phenols is 1. The van der Waals surface area contributed by atoms with Crippen LogP contribution >= 0.6 is 0 Å². The summed E-state index contributed by atoms with van der Waals surface area (Å²) in [7, 11) is 0. The first-order valence-electron chi connectivity index (χ1n) is 22.1. The molecule has 3 aromatic heterocycles. The number of nitrogens with zero attached hydrogens (tertiary/aromatic N) is 3. The molecular formula is C59H52N3O2Pt-. The van der Waals surface area contributed by atoms with E-state index in [1.807, 2.05) is 30.5 Å². The number of aromatic hydroxyl groups is 1. The van der Waals surface area contributed by atoms with E-state index in [0.717, 1.165) is 88.9 Å². The number of pyridine rings is 1. The van der Waals surface area contributed by atoms with Crippen molar-refractivity contribution >= 4 is 33.0 Å². The monoisotopic (exact) mass is 1030 g/mol. The van der Waals surface area contributed by atoms with Crippen molar-refractivity contribution < 1.29 is 30.6 Å². The molecule has 326 valence electrons. The van der Waals surface area contributed by atoms with Crippen LogP contribution in [0.5, 0.6) is 5.75 Å². The van der Waals surface area contributed by atoms with Gasteiger partial charge in [0.2, 0.25) is 0 Å². The van der Waals surface area contributed by atoms with Crippen molar-refractivity contribution in [1.82, 2.24) is 14.5 Å². The summed E-state index contributed by atoms with van der Waals surface area (Å²) in [5.74, 6) is 0.907. The number of rotatable bonds is 7. The second-order valence-electron chi connectivity index (χ2n) is 19.6. The van der Waals surface area contributed by atoms with Crippen molar-refractivity contribution in [1.29, 1.82) is 0 Å². The Labute approximate surface area is 396 Å². The molecule has 0 spiro atoms. The molecular weight excluding hydrogens is 978 g/mol. The molecule has 0 aliphatic heterocycles. The Morgan fingerprint density at radius 3 is 1.95 bits per heavy atom. The van der Waals surface area contributed by atoms with Crippen molar-refractivity contribution in [2.24, 2.45) is 0 Å². The summed E-state index contributed by atoms with van der Waals surface area (Å²) in [6, 6.07) is 59.0. The molecule has 0 radical (unpaired) electrons. The molecule has 0 aliphatic rings. The van der Waals surface area contributed by atoms with Crippen molar-refractivity contribution in [2.75, 3.05) is 0 Å². The van der Waals surface area contributed by atoms with Crippen LogP contribution in [0.1, 0.15) is 77.6 Å². The van der Waals surface area contributed by atoms with E-state index in [2.05, 4.69) is 199 Å². The molecule has 1 N–H and O–H groups in total. The van der Waals surface area contributed by atoms with Gasteiger partial charge in [0.1, 0.15) is 17.2 Å². The number of hydrogen-bond acceptors (Lipinski definition) is 4. The van der Waals surface area contributed by atoms with Crippen LogP contribution in [0.25, 0.3) is 83.6 Å². The van der Waals surface area contributed by atoms with Crippen molar-refractivity contribution in [3.8, 4) is 56.3 Å². The van der Waals surface area contributed by atoms with Gasteiger partial charge in [-0.2, -0.15) is 0 Å². The maximum absolute atomic E-state index is 12.5. The van der Waals surface area contributed by atoms with Gasteiger partial charge in [0.05, 0.1) is 28.5 Å². The number of phenolic OH excluding ortho intramolecular Hbond substituents is 1. The Bertz CT molecular complexity index is 3390. The first-order valence-corrected chi connectivity index (χ1v) is 22.1. The van der Waals surface area contributed by atoms with Gasteiger partial charge in [-0.05, 0) is 51.8 Å². The minimum atomic E-state index is -0.373. The maximum atomic E-state index is 12.5. The van der Waals surface area contributed by atoms with E-state index in [1.54, 1.807) is 0 Å². The number of benzene rings is 7. The molecule has 7 aromatic carbocycles. The van der Waals surface area contributed by atoms with Crippen molar-refractivity contribution in [3.05, 3.63) is 192 Å². The molecule has 10 aromatic rings. The minimum Gasteiger partial charge on any atom is -0.507 e. The van der Waals surface area contributed by atoms with E-state index in [1.165, 1.54) is 5.56 Å². The second-order valence-corrected chi connectivity index (χ2v) is 19.6. The Morgan fingerprint density at radius 1 is 0.554 bits per heavy atom. The molecule has 0 atom stereocenters. The molecule has 0 aliphatic carbocycles. The third-order valence-corrected chi connectivity index (χ3v) is 12.9. The minimum absolute atomic E-state index is 0. The van der Waals surface area contributed by atoms with Gasteiger partial charge in [0.15, 0.2) is 5.58 Å². The van der Waals surface area contributed by atoms with Gasteiger partial charge in [-0.25, -0.2) is 4.98 Å². The molecule has 65 heavy (non-hydrogen) atoms. The average Bonchev–Trinajstić information content (AvgIpc) is 3.87. The molecule has 5 nitrogen and oxygen atoms in total. The summed E-state index contributed by atoms with van der Waals surface area (Å²) >= 11 is 0. The van der Waals surface area contributed by atoms with Crippen molar-refractivity contribution in [2.45, 2.75) is 71.6 Å². The summed E-state index contributed by atoms with van der Waals surface area (Å²) < 4.78 is 8.45. The molecule has 0 amide bonds. The molecule has 0 fully saturated rings. The van der Waals surface area contributed by atoms with Crippen LogP contribution in [0.3, 0.4) is 0 Å². The number of furan rings is 1.